The third-order valence-corrected chi connectivity index (χ3v) is 2.13. The van der Waals surface area contributed by atoms with E-state index in [0.29, 0.717) is 13.2 Å². The maximum atomic E-state index is 12.0. The lowest BCUT2D eigenvalue weighted by Gasteiger charge is -2.25. The second kappa shape index (κ2) is 5.45. The van der Waals surface area contributed by atoms with Crippen LogP contribution in [0.25, 0.3) is 0 Å². The number of hydrogen-bond acceptors (Lipinski definition) is 5. The van der Waals surface area contributed by atoms with Crippen LogP contribution >= 0.6 is 0 Å². The number of hydrogen-bond donors (Lipinski definition) is 2. The SMILES string of the molecule is COCCN(C(=O)c1nc(N)n[nH]1)C(C)C. The van der Waals surface area contributed by atoms with Gasteiger partial charge >= 0.3 is 0 Å². The monoisotopic (exact) mass is 227 g/mol. The van der Waals surface area contributed by atoms with Crippen LogP contribution in [0.2, 0.25) is 0 Å². The number of amides is 1. The molecule has 0 atom stereocenters. The molecule has 0 aliphatic carbocycles. The molecule has 0 bridgehead atoms. The summed E-state index contributed by atoms with van der Waals surface area (Å²) in [5.41, 5.74) is 5.34. The Bertz CT molecular complexity index is 349. The number of carbonyl (C=O) groups is 1. The quantitative estimate of drug-likeness (QED) is 0.731. The fourth-order valence-electron chi connectivity index (χ4n) is 1.29. The van der Waals surface area contributed by atoms with E-state index in [9.17, 15) is 4.79 Å². The molecule has 0 aliphatic heterocycles. The number of rotatable bonds is 5. The van der Waals surface area contributed by atoms with Gasteiger partial charge in [-0.25, -0.2) is 0 Å². The van der Waals surface area contributed by atoms with Gasteiger partial charge in [-0.05, 0) is 13.8 Å². The highest BCUT2D eigenvalue weighted by atomic mass is 16.5. The van der Waals surface area contributed by atoms with E-state index in [0.717, 1.165) is 0 Å². The average Bonchev–Trinajstić information content (AvgIpc) is 2.64. The Morgan fingerprint density at radius 1 is 1.62 bits per heavy atom. The minimum absolute atomic E-state index is 0.0639. The average molecular weight is 227 g/mol. The summed E-state index contributed by atoms with van der Waals surface area (Å²) in [7, 11) is 1.59. The van der Waals surface area contributed by atoms with Gasteiger partial charge in [-0.2, -0.15) is 4.98 Å². The van der Waals surface area contributed by atoms with Gasteiger partial charge < -0.3 is 15.4 Å². The maximum Gasteiger partial charge on any atom is 0.291 e. The van der Waals surface area contributed by atoms with E-state index in [-0.39, 0.29) is 23.7 Å². The molecule has 16 heavy (non-hydrogen) atoms. The van der Waals surface area contributed by atoms with Gasteiger partial charge in [-0.1, -0.05) is 0 Å². The molecule has 0 unspecified atom stereocenters. The fourth-order valence-corrected chi connectivity index (χ4v) is 1.29. The number of ether oxygens (including phenoxy) is 1. The molecule has 1 amide bonds. The molecule has 0 saturated carbocycles. The zero-order valence-corrected chi connectivity index (χ0v) is 9.73. The smallest absolute Gasteiger partial charge is 0.291 e. The van der Waals surface area contributed by atoms with Crippen molar-refractivity contribution in [3.05, 3.63) is 5.82 Å². The zero-order chi connectivity index (χ0) is 12.1. The maximum absolute atomic E-state index is 12.0. The van der Waals surface area contributed by atoms with Gasteiger partial charge in [0.25, 0.3) is 5.91 Å². The molecular formula is C9H17N5O2. The Morgan fingerprint density at radius 2 is 2.31 bits per heavy atom. The number of nitrogens with one attached hydrogen (secondary N) is 1. The molecule has 1 heterocycles. The van der Waals surface area contributed by atoms with Crippen LogP contribution in [0, 0.1) is 0 Å². The lowest BCUT2D eigenvalue weighted by atomic mass is 10.3. The predicted octanol–water partition coefficient (Wildman–Crippen LogP) is -0.116. The van der Waals surface area contributed by atoms with Gasteiger partial charge in [-0.3, -0.25) is 9.89 Å². The van der Waals surface area contributed by atoms with Crippen molar-refractivity contribution >= 4 is 11.9 Å². The van der Waals surface area contributed by atoms with Gasteiger partial charge in [-0.15, -0.1) is 5.10 Å². The largest absolute Gasteiger partial charge is 0.383 e. The molecular weight excluding hydrogens is 210 g/mol. The first kappa shape index (κ1) is 12.4. The number of nitrogens with zero attached hydrogens (tertiary/aromatic N) is 3. The molecule has 0 aliphatic rings. The zero-order valence-electron chi connectivity index (χ0n) is 9.73. The number of carbonyl (C=O) groups excluding carboxylic acids is 1. The van der Waals surface area contributed by atoms with Crippen LogP contribution in [0.1, 0.15) is 24.5 Å². The Hall–Kier alpha value is -1.63. The Balaban J connectivity index is 2.74. The minimum atomic E-state index is -0.226. The van der Waals surface area contributed by atoms with Gasteiger partial charge in [0.15, 0.2) is 0 Å². The molecule has 1 aromatic heterocycles. The van der Waals surface area contributed by atoms with Crippen molar-refractivity contribution in [1.29, 1.82) is 0 Å². The van der Waals surface area contributed by atoms with Crippen LogP contribution in [-0.2, 0) is 4.74 Å². The predicted molar refractivity (Wildman–Crippen MR) is 58.8 cm³/mol. The van der Waals surface area contributed by atoms with Crippen LogP contribution in [-0.4, -0.2) is 52.3 Å². The van der Waals surface area contributed by atoms with E-state index in [1.54, 1.807) is 12.0 Å². The summed E-state index contributed by atoms with van der Waals surface area (Å²) >= 11 is 0. The van der Waals surface area contributed by atoms with E-state index < -0.39 is 0 Å². The van der Waals surface area contributed by atoms with E-state index >= 15 is 0 Å². The second-order valence-electron chi connectivity index (χ2n) is 3.63. The van der Waals surface area contributed by atoms with Crippen LogP contribution in [0.3, 0.4) is 0 Å². The lowest BCUT2D eigenvalue weighted by Crippen LogP contribution is -2.39. The number of H-pyrrole nitrogens is 1. The van der Waals surface area contributed by atoms with Crippen LogP contribution in [0.15, 0.2) is 0 Å². The van der Waals surface area contributed by atoms with Crippen molar-refractivity contribution in [1.82, 2.24) is 20.1 Å². The Morgan fingerprint density at radius 3 is 2.75 bits per heavy atom. The van der Waals surface area contributed by atoms with Crippen LogP contribution in [0.5, 0.6) is 0 Å². The van der Waals surface area contributed by atoms with E-state index in [1.165, 1.54) is 0 Å². The Kier molecular flexibility index (Phi) is 4.24. The summed E-state index contributed by atoms with van der Waals surface area (Å²) in [6.07, 6.45) is 0. The van der Waals surface area contributed by atoms with Crippen molar-refractivity contribution in [3.63, 3.8) is 0 Å². The van der Waals surface area contributed by atoms with E-state index in [2.05, 4.69) is 15.2 Å². The molecule has 1 aromatic rings. The Labute approximate surface area is 94.0 Å². The van der Waals surface area contributed by atoms with Gasteiger partial charge in [0.2, 0.25) is 11.8 Å². The van der Waals surface area contributed by atoms with Gasteiger partial charge in [0, 0.05) is 19.7 Å². The normalized spacial score (nSPS) is 10.8. The molecule has 0 spiro atoms. The van der Waals surface area contributed by atoms with E-state index in [1.807, 2.05) is 13.8 Å². The molecule has 1 rings (SSSR count). The first-order valence-corrected chi connectivity index (χ1v) is 5.04. The van der Waals surface area contributed by atoms with Crippen molar-refractivity contribution in [2.24, 2.45) is 0 Å². The molecule has 0 saturated heterocycles. The van der Waals surface area contributed by atoms with Crippen molar-refractivity contribution in [3.8, 4) is 0 Å². The standard InChI is InChI=1S/C9H17N5O2/c1-6(2)14(4-5-16-3)8(15)7-11-9(10)13-12-7/h6H,4-5H2,1-3H3,(H3,10,11,12,13). The van der Waals surface area contributed by atoms with Gasteiger partial charge in [0.05, 0.1) is 6.61 Å². The molecule has 7 nitrogen and oxygen atoms in total. The number of methoxy groups -OCH3 is 1. The third kappa shape index (κ3) is 2.93. The van der Waals surface area contributed by atoms with Crippen LogP contribution in [0.4, 0.5) is 5.95 Å². The van der Waals surface area contributed by atoms with Gasteiger partial charge in [0.1, 0.15) is 0 Å². The molecule has 0 radical (unpaired) electrons. The summed E-state index contributed by atoms with van der Waals surface area (Å²) in [6, 6.07) is 0.0639. The first-order chi connectivity index (χ1) is 7.56. The van der Waals surface area contributed by atoms with Crippen molar-refractivity contribution in [2.45, 2.75) is 19.9 Å². The summed E-state index contributed by atoms with van der Waals surface area (Å²) in [4.78, 5) is 17.4. The number of aromatic amines is 1. The summed E-state index contributed by atoms with van der Waals surface area (Å²) in [5.74, 6) is -0.00245. The molecule has 0 aromatic carbocycles. The highest BCUT2D eigenvalue weighted by Gasteiger charge is 2.21. The van der Waals surface area contributed by atoms with Crippen molar-refractivity contribution < 1.29 is 9.53 Å². The highest BCUT2D eigenvalue weighted by molar-refractivity contribution is 5.90. The lowest BCUT2D eigenvalue weighted by molar-refractivity contribution is 0.0623. The second-order valence-corrected chi connectivity index (χ2v) is 3.63. The van der Waals surface area contributed by atoms with Crippen molar-refractivity contribution in [2.75, 3.05) is 26.0 Å². The topological polar surface area (TPSA) is 97.1 Å². The molecule has 0 fully saturated rings. The summed E-state index contributed by atoms with van der Waals surface area (Å²) < 4.78 is 4.95. The fraction of sp³-hybridized carbons (Fsp3) is 0.667. The molecule has 7 heteroatoms. The first-order valence-electron chi connectivity index (χ1n) is 5.04. The summed E-state index contributed by atoms with van der Waals surface area (Å²) in [6.45, 7) is 4.84. The van der Waals surface area contributed by atoms with E-state index in [4.69, 9.17) is 10.5 Å². The minimum Gasteiger partial charge on any atom is -0.383 e. The third-order valence-electron chi connectivity index (χ3n) is 2.13. The number of nitrogen functional groups attached to an aromatic ring is 1. The number of aromatic nitrogens is 3. The highest BCUT2D eigenvalue weighted by Crippen LogP contribution is 2.05. The van der Waals surface area contributed by atoms with Crippen LogP contribution < -0.4 is 5.73 Å². The number of nitrogens with two attached hydrogens (primary N) is 1. The molecule has 3 N–H and O–H groups in total. The summed E-state index contributed by atoms with van der Waals surface area (Å²) in [5, 5.41) is 6.12. The number of anilines is 1. The molecule has 90 valence electrons.